The van der Waals surface area contributed by atoms with Crippen LogP contribution in [0.4, 0.5) is 0 Å². The first-order chi connectivity index (χ1) is 6.48. The highest BCUT2D eigenvalue weighted by Crippen LogP contribution is 1.94. The van der Waals surface area contributed by atoms with Crippen molar-refractivity contribution >= 4 is 9.84 Å². The summed E-state index contributed by atoms with van der Waals surface area (Å²) in [5.74, 6) is 0.376. The van der Waals surface area contributed by atoms with Gasteiger partial charge < -0.3 is 10.1 Å². The molecule has 0 fully saturated rings. The summed E-state index contributed by atoms with van der Waals surface area (Å²) in [7, 11) is -1.40. The van der Waals surface area contributed by atoms with Crippen LogP contribution in [-0.4, -0.2) is 46.2 Å². The second-order valence-electron chi connectivity index (χ2n) is 3.61. The Labute approximate surface area is 86.9 Å². The fourth-order valence-electron chi connectivity index (χ4n) is 0.995. The third kappa shape index (κ3) is 8.47. The number of ether oxygens (including phenoxy) is 1. The largest absolute Gasteiger partial charge is 0.384 e. The predicted molar refractivity (Wildman–Crippen MR) is 58.3 cm³/mol. The van der Waals surface area contributed by atoms with Gasteiger partial charge in [-0.15, -0.1) is 0 Å². The van der Waals surface area contributed by atoms with Crippen LogP contribution in [0.5, 0.6) is 0 Å². The second kappa shape index (κ2) is 7.20. The Morgan fingerprint density at radius 1 is 1.29 bits per heavy atom. The number of sulfone groups is 1. The van der Waals surface area contributed by atoms with Gasteiger partial charge in [-0.05, 0) is 13.0 Å². The van der Waals surface area contributed by atoms with Gasteiger partial charge >= 0.3 is 0 Å². The Morgan fingerprint density at radius 2 is 1.93 bits per heavy atom. The standard InChI is InChI=1S/C9H21NO3S/c1-9(2)10-5-4-7-14(11,12)8-6-13-3/h9-10H,4-8H2,1-3H3. The van der Waals surface area contributed by atoms with E-state index in [2.05, 4.69) is 5.32 Å². The van der Waals surface area contributed by atoms with Crippen molar-refractivity contribution in [3.63, 3.8) is 0 Å². The first-order valence-corrected chi connectivity index (χ1v) is 6.73. The van der Waals surface area contributed by atoms with E-state index in [1.54, 1.807) is 0 Å². The molecule has 0 aromatic heterocycles. The molecule has 0 rings (SSSR count). The van der Waals surface area contributed by atoms with Crippen LogP contribution in [0.1, 0.15) is 20.3 Å². The summed E-state index contributed by atoms with van der Waals surface area (Å²) in [5.41, 5.74) is 0. The smallest absolute Gasteiger partial charge is 0.152 e. The molecule has 0 unspecified atom stereocenters. The molecule has 86 valence electrons. The monoisotopic (exact) mass is 223 g/mol. The van der Waals surface area contributed by atoms with Gasteiger partial charge in [-0.25, -0.2) is 8.42 Å². The van der Waals surface area contributed by atoms with E-state index in [4.69, 9.17) is 4.74 Å². The molecule has 0 aliphatic rings. The van der Waals surface area contributed by atoms with Gasteiger partial charge in [0.05, 0.1) is 18.1 Å². The third-order valence-electron chi connectivity index (χ3n) is 1.78. The normalized spacial score (nSPS) is 12.3. The topological polar surface area (TPSA) is 55.4 Å². The lowest BCUT2D eigenvalue weighted by molar-refractivity contribution is 0.217. The van der Waals surface area contributed by atoms with E-state index in [-0.39, 0.29) is 11.5 Å². The molecule has 5 heteroatoms. The minimum Gasteiger partial charge on any atom is -0.384 e. The molecule has 0 aromatic carbocycles. The first kappa shape index (κ1) is 13.9. The van der Waals surface area contributed by atoms with Gasteiger partial charge in [0.2, 0.25) is 0 Å². The molecule has 0 spiro atoms. The molecule has 0 heterocycles. The van der Waals surface area contributed by atoms with E-state index in [0.29, 0.717) is 19.1 Å². The fourth-order valence-corrected chi connectivity index (χ4v) is 2.20. The van der Waals surface area contributed by atoms with Crippen molar-refractivity contribution in [1.29, 1.82) is 0 Å². The quantitative estimate of drug-likeness (QED) is 0.607. The number of nitrogens with one attached hydrogen (secondary N) is 1. The number of rotatable bonds is 8. The van der Waals surface area contributed by atoms with Crippen molar-refractivity contribution in [3.8, 4) is 0 Å². The van der Waals surface area contributed by atoms with E-state index >= 15 is 0 Å². The van der Waals surface area contributed by atoms with Crippen molar-refractivity contribution in [3.05, 3.63) is 0 Å². The molecule has 14 heavy (non-hydrogen) atoms. The van der Waals surface area contributed by atoms with E-state index < -0.39 is 9.84 Å². The molecule has 0 saturated heterocycles. The van der Waals surface area contributed by atoms with Crippen molar-refractivity contribution in [2.45, 2.75) is 26.3 Å². The van der Waals surface area contributed by atoms with Crippen LogP contribution in [0.15, 0.2) is 0 Å². The minimum atomic E-state index is -2.91. The van der Waals surface area contributed by atoms with E-state index in [0.717, 1.165) is 6.54 Å². The number of hydrogen-bond donors (Lipinski definition) is 1. The summed E-state index contributed by atoms with van der Waals surface area (Å²) < 4.78 is 27.4. The molecule has 0 aliphatic carbocycles. The lowest BCUT2D eigenvalue weighted by Crippen LogP contribution is -2.26. The molecule has 0 bridgehead atoms. The van der Waals surface area contributed by atoms with Crippen molar-refractivity contribution in [2.75, 3.05) is 31.8 Å². The van der Waals surface area contributed by atoms with Gasteiger partial charge in [-0.3, -0.25) is 0 Å². The molecule has 0 saturated carbocycles. The Kier molecular flexibility index (Phi) is 7.13. The van der Waals surface area contributed by atoms with Gasteiger partial charge in [0, 0.05) is 13.2 Å². The highest BCUT2D eigenvalue weighted by atomic mass is 32.2. The maximum Gasteiger partial charge on any atom is 0.152 e. The fraction of sp³-hybridized carbons (Fsp3) is 1.00. The Hall–Kier alpha value is -0.130. The maximum atomic E-state index is 11.3. The minimum absolute atomic E-state index is 0.130. The average Bonchev–Trinajstić information content (AvgIpc) is 2.09. The van der Waals surface area contributed by atoms with Gasteiger partial charge in [-0.2, -0.15) is 0 Å². The lowest BCUT2D eigenvalue weighted by Gasteiger charge is -2.07. The van der Waals surface area contributed by atoms with Crippen LogP contribution >= 0.6 is 0 Å². The second-order valence-corrected chi connectivity index (χ2v) is 5.91. The van der Waals surface area contributed by atoms with Crippen LogP contribution in [0, 0.1) is 0 Å². The van der Waals surface area contributed by atoms with E-state index in [1.165, 1.54) is 7.11 Å². The molecule has 4 nitrogen and oxygen atoms in total. The molecule has 0 aromatic rings. The van der Waals surface area contributed by atoms with Gasteiger partial charge in [0.15, 0.2) is 9.84 Å². The van der Waals surface area contributed by atoms with Crippen LogP contribution < -0.4 is 5.32 Å². The van der Waals surface area contributed by atoms with Crippen LogP contribution in [0.2, 0.25) is 0 Å². The number of hydrogen-bond acceptors (Lipinski definition) is 4. The van der Waals surface area contributed by atoms with Gasteiger partial charge in [-0.1, -0.05) is 13.8 Å². The van der Waals surface area contributed by atoms with E-state index in [9.17, 15) is 8.42 Å². The zero-order chi connectivity index (χ0) is 11.0. The molecule has 0 aliphatic heterocycles. The van der Waals surface area contributed by atoms with Crippen LogP contribution in [-0.2, 0) is 14.6 Å². The van der Waals surface area contributed by atoms with Gasteiger partial charge in [0.25, 0.3) is 0 Å². The summed E-state index contributed by atoms with van der Waals surface area (Å²) in [6.45, 7) is 5.13. The maximum absolute atomic E-state index is 11.3. The highest BCUT2D eigenvalue weighted by Gasteiger charge is 2.09. The van der Waals surface area contributed by atoms with Gasteiger partial charge in [0.1, 0.15) is 0 Å². The predicted octanol–water partition coefficient (Wildman–Crippen LogP) is 0.436. The Balaban J connectivity index is 3.56. The van der Waals surface area contributed by atoms with Crippen molar-refractivity contribution in [2.24, 2.45) is 0 Å². The molecule has 0 amide bonds. The molecular formula is C9H21NO3S. The Bertz CT molecular complexity index is 224. The molecular weight excluding hydrogens is 202 g/mol. The van der Waals surface area contributed by atoms with Crippen LogP contribution in [0.25, 0.3) is 0 Å². The molecule has 0 radical (unpaired) electrons. The molecule has 0 atom stereocenters. The summed E-state index contributed by atoms with van der Waals surface area (Å²) in [6, 6.07) is 0.414. The summed E-state index contributed by atoms with van der Waals surface area (Å²) in [4.78, 5) is 0. The third-order valence-corrected chi connectivity index (χ3v) is 3.48. The van der Waals surface area contributed by atoms with Crippen molar-refractivity contribution in [1.82, 2.24) is 5.32 Å². The molecule has 1 N–H and O–H groups in total. The summed E-state index contributed by atoms with van der Waals surface area (Å²) in [6.07, 6.45) is 0.671. The average molecular weight is 223 g/mol. The zero-order valence-electron chi connectivity index (χ0n) is 9.25. The SMILES string of the molecule is COCCS(=O)(=O)CCCNC(C)C. The summed E-state index contributed by atoms with van der Waals surface area (Å²) in [5, 5.41) is 3.18. The Morgan fingerprint density at radius 3 is 2.43 bits per heavy atom. The lowest BCUT2D eigenvalue weighted by atomic mass is 10.4. The first-order valence-electron chi connectivity index (χ1n) is 4.90. The van der Waals surface area contributed by atoms with Crippen LogP contribution in [0.3, 0.4) is 0 Å². The summed E-state index contributed by atoms with van der Waals surface area (Å²) >= 11 is 0. The van der Waals surface area contributed by atoms with E-state index in [1.807, 2.05) is 13.8 Å². The highest BCUT2D eigenvalue weighted by molar-refractivity contribution is 7.91. The zero-order valence-corrected chi connectivity index (χ0v) is 10.1. The van der Waals surface area contributed by atoms with Crippen molar-refractivity contribution < 1.29 is 13.2 Å². The number of methoxy groups -OCH3 is 1.